The third kappa shape index (κ3) is 3.60. The third-order valence-corrected chi connectivity index (χ3v) is 5.62. The van der Waals surface area contributed by atoms with E-state index in [4.69, 9.17) is 9.15 Å². The number of amides is 1. The van der Waals surface area contributed by atoms with Crippen molar-refractivity contribution in [3.05, 3.63) is 51.3 Å². The number of benzene rings is 1. The summed E-state index contributed by atoms with van der Waals surface area (Å²) in [6.07, 6.45) is 2.18. The molecule has 28 heavy (non-hydrogen) atoms. The zero-order valence-corrected chi connectivity index (χ0v) is 16.2. The zero-order valence-electron chi connectivity index (χ0n) is 15.4. The number of aromatic nitrogens is 1. The van der Waals surface area contributed by atoms with E-state index >= 15 is 0 Å². The number of oxazole rings is 1. The first-order chi connectivity index (χ1) is 13.6. The number of nitrogens with zero attached hydrogens (tertiary/aromatic N) is 1. The van der Waals surface area contributed by atoms with E-state index in [9.17, 15) is 14.4 Å². The van der Waals surface area contributed by atoms with Crippen LogP contribution in [0.25, 0.3) is 11.1 Å². The second kappa shape index (κ2) is 7.63. The number of carbonyl (C=O) groups is 2. The molecule has 1 aliphatic rings. The summed E-state index contributed by atoms with van der Waals surface area (Å²) in [5, 5.41) is 5.25. The van der Waals surface area contributed by atoms with E-state index in [1.165, 1.54) is 15.9 Å². The molecular weight excluding hydrogens is 380 g/mol. The van der Waals surface area contributed by atoms with Crippen molar-refractivity contribution in [1.29, 1.82) is 0 Å². The fourth-order valence-corrected chi connectivity index (χ4v) is 4.25. The number of carbonyl (C=O) groups excluding carboxylic acids is 2. The first-order valence-corrected chi connectivity index (χ1v) is 10.1. The number of fused-ring (bicyclic) bond motifs is 1. The number of hydrogen-bond donors (Lipinski definition) is 1. The zero-order chi connectivity index (χ0) is 19.7. The van der Waals surface area contributed by atoms with Crippen molar-refractivity contribution in [3.8, 4) is 0 Å². The highest BCUT2D eigenvalue weighted by Crippen LogP contribution is 2.46. The van der Waals surface area contributed by atoms with Crippen LogP contribution in [0.4, 0.5) is 5.00 Å². The molecule has 2 aromatic heterocycles. The van der Waals surface area contributed by atoms with Crippen LogP contribution in [0.2, 0.25) is 0 Å². The molecule has 0 aliphatic heterocycles. The topological polar surface area (TPSA) is 90.5 Å². The highest BCUT2D eigenvalue weighted by atomic mass is 32.1. The Bertz CT molecular complexity index is 1090. The molecule has 146 valence electrons. The molecule has 2 heterocycles. The molecule has 0 saturated heterocycles. The van der Waals surface area contributed by atoms with Gasteiger partial charge in [0.05, 0.1) is 17.7 Å². The Morgan fingerprint density at radius 2 is 2.11 bits per heavy atom. The summed E-state index contributed by atoms with van der Waals surface area (Å²) in [5.74, 6) is -0.796. The fourth-order valence-electron chi connectivity index (χ4n) is 3.20. The number of esters is 1. The molecule has 0 unspecified atom stereocenters. The van der Waals surface area contributed by atoms with Crippen LogP contribution in [-0.2, 0) is 16.1 Å². The molecule has 0 radical (unpaired) electrons. The number of anilines is 1. The van der Waals surface area contributed by atoms with Crippen molar-refractivity contribution in [3.63, 3.8) is 0 Å². The minimum Gasteiger partial charge on any atom is -0.462 e. The maximum absolute atomic E-state index is 12.5. The maximum Gasteiger partial charge on any atom is 0.419 e. The average Bonchev–Trinajstić information content (AvgIpc) is 3.35. The summed E-state index contributed by atoms with van der Waals surface area (Å²) in [4.78, 5) is 36.9. The summed E-state index contributed by atoms with van der Waals surface area (Å²) in [7, 11) is 0. The molecule has 0 spiro atoms. The quantitative estimate of drug-likeness (QED) is 0.610. The number of ether oxygens (including phenoxy) is 1. The SMILES string of the molecule is CCOC(=O)c1c(C2CC2)csc1NC(=O)CCn1c(=O)oc2ccccc21. The van der Waals surface area contributed by atoms with Gasteiger partial charge in [-0.3, -0.25) is 9.36 Å². The van der Waals surface area contributed by atoms with Crippen molar-refractivity contribution in [2.24, 2.45) is 0 Å². The van der Waals surface area contributed by atoms with Crippen molar-refractivity contribution < 1.29 is 18.7 Å². The van der Waals surface area contributed by atoms with Gasteiger partial charge in [0.25, 0.3) is 0 Å². The Balaban J connectivity index is 1.49. The van der Waals surface area contributed by atoms with Gasteiger partial charge < -0.3 is 14.5 Å². The highest BCUT2D eigenvalue weighted by Gasteiger charge is 2.32. The number of para-hydroxylation sites is 2. The van der Waals surface area contributed by atoms with Crippen molar-refractivity contribution >= 4 is 39.3 Å². The van der Waals surface area contributed by atoms with Gasteiger partial charge in [-0.25, -0.2) is 9.59 Å². The number of nitrogens with one attached hydrogen (secondary N) is 1. The van der Waals surface area contributed by atoms with Gasteiger partial charge in [-0.1, -0.05) is 12.1 Å². The van der Waals surface area contributed by atoms with Crippen LogP contribution in [0.5, 0.6) is 0 Å². The molecule has 1 N–H and O–H groups in total. The maximum atomic E-state index is 12.5. The minimum atomic E-state index is -0.492. The van der Waals surface area contributed by atoms with Gasteiger partial charge in [0.1, 0.15) is 5.00 Å². The van der Waals surface area contributed by atoms with Gasteiger partial charge in [0, 0.05) is 13.0 Å². The number of hydrogen-bond acceptors (Lipinski definition) is 6. The summed E-state index contributed by atoms with van der Waals surface area (Å²) in [6, 6.07) is 7.08. The van der Waals surface area contributed by atoms with Crippen molar-refractivity contribution in [2.75, 3.05) is 11.9 Å². The molecule has 4 rings (SSSR count). The average molecular weight is 400 g/mol. The van der Waals surface area contributed by atoms with E-state index in [0.29, 0.717) is 27.6 Å². The van der Waals surface area contributed by atoms with Crippen LogP contribution < -0.4 is 11.1 Å². The first kappa shape index (κ1) is 18.5. The molecule has 1 fully saturated rings. The Kier molecular flexibility index (Phi) is 5.04. The lowest BCUT2D eigenvalue weighted by atomic mass is 10.1. The molecule has 1 aromatic carbocycles. The first-order valence-electron chi connectivity index (χ1n) is 9.25. The van der Waals surface area contributed by atoms with E-state index in [1.54, 1.807) is 25.1 Å². The second-order valence-corrected chi connectivity index (χ2v) is 7.56. The fraction of sp³-hybridized carbons (Fsp3) is 0.350. The van der Waals surface area contributed by atoms with Gasteiger partial charge in [-0.15, -0.1) is 11.3 Å². The van der Waals surface area contributed by atoms with Gasteiger partial charge in [-0.2, -0.15) is 0 Å². The van der Waals surface area contributed by atoms with Crippen LogP contribution in [0.1, 0.15) is 48.0 Å². The summed E-state index contributed by atoms with van der Waals surface area (Å²) >= 11 is 1.34. The van der Waals surface area contributed by atoms with Gasteiger partial charge in [-0.05, 0) is 48.8 Å². The largest absolute Gasteiger partial charge is 0.462 e. The molecule has 7 nitrogen and oxygen atoms in total. The smallest absolute Gasteiger partial charge is 0.419 e. The number of thiophene rings is 1. The van der Waals surface area contributed by atoms with Crippen LogP contribution in [-0.4, -0.2) is 23.1 Å². The highest BCUT2D eigenvalue weighted by molar-refractivity contribution is 7.15. The van der Waals surface area contributed by atoms with Crippen molar-refractivity contribution in [2.45, 2.75) is 38.6 Å². The van der Waals surface area contributed by atoms with E-state index in [1.807, 2.05) is 11.4 Å². The number of aryl methyl sites for hydroxylation is 1. The summed E-state index contributed by atoms with van der Waals surface area (Å²) < 4.78 is 11.8. The molecular formula is C20H20N2O5S. The van der Waals surface area contributed by atoms with Gasteiger partial charge >= 0.3 is 11.7 Å². The van der Waals surface area contributed by atoms with Crippen LogP contribution >= 0.6 is 11.3 Å². The van der Waals surface area contributed by atoms with Gasteiger partial charge in [0.15, 0.2) is 5.58 Å². The Labute approximate surface area is 164 Å². The number of rotatable bonds is 7. The predicted molar refractivity (Wildman–Crippen MR) is 106 cm³/mol. The van der Waals surface area contributed by atoms with Crippen LogP contribution in [0.15, 0.2) is 38.9 Å². The summed E-state index contributed by atoms with van der Waals surface area (Å²) in [6.45, 7) is 2.23. The van der Waals surface area contributed by atoms with E-state index in [0.717, 1.165) is 18.4 Å². The monoisotopic (exact) mass is 400 g/mol. The minimum absolute atomic E-state index is 0.0857. The van der Waals surface area contributed by atoms with Crippen molar-refractivity contribution in [1.82, 2.24) is 4.57 Å². The third-order valence-electron chi connectivity index (χ3n) is 4.71. The summed E-state index contributed by atoms with van der Waals surface area (Å²) in [5.41, 5.74) is 2.56. The van der Waals surface area contributed by atoms with E-state index in [-0.39, 0.29) is 25.5 Å². The van der Waals surface area contributed by atoms with Crippen LogP contribution in [0, 0.1) is 0 Å². The molecule has 1 saturated carbocycles. The van der Waals surface area contributed by atoms with Crippen LogP contribution in [0.3, 0.4) is 0 Å². The molecule has 1 amide bonds. The lowest BCUT2D eigenvalue weighted by Gasteiger charge is -2.08. The molecule has 3 aromatic rings. The molecule has 8 heteroatoms. The van der Waals surface area contributed by atoms with E-state index in [2.05, 4.69) is 5.32 Å². The standard InChI is InChI=1S/C20H20N2O5S/c1-2-26-19(24)17-13(12-7-8-12)11-28-18(17)21-16(23)9-10-22-14-5-3-4-6-15(14)27-20(22)25/h3-6,11-12H,2,7-10H2,1H3,(H,21,23). The predicted octanol–water partition coefficient (Wildman–Crippen LogP) is 3.74. The normalized spacial score (nSPS) is 13.6. The Morgan fingerprint density at radius 3 is 2.86 bits per heavy atom. The second-order valence-electron chi connectivity index (χ2n) is 6.68. The van der Waals surface area contributed by atoms with E-state index < -0.39 is 11.7 Å². The molecule has 1 aliphatic carbocycles. The Hall–Kier alpha value is -2.87. The molecule has 0 atom stereocenters. The lowest BCUT2D eigenvalue weighted by Crippen LogP contribution is -2.20. The lowest BCUT2D eigenvalue weighted by molar-refractivity contribution is -0.116. The van der Waals surface area contributed by atoms with Gasteiger partial charge in [0.2, 0.25) is 5.91 Å². The Morgan fingerprint density at radius 1 is 1.32 bits per heavy atom. The molecule has 0 bridgehead atoms.